The fourth-order valence-electron chi connectivity index (χ4n) is 1.95. The van der Waals surface area contributed by atoms with Gasteiger partial charge in [-0.1, -0.05) is 11.6 Å². The van der Waals surface area contributed by atoms with Gasteiger partial charge in [0.25, 0.3) is 0 Å². The average molecular weight is 308 g/mol. The van der Waals surface area contributed by atoms with Crippen LogP contribution in [0.2, 0.25) is 5.02 Å². The van der Waals surface area contributed by atoms with E-state index in [9.17, 15) is 12.6 Å². The molecule has 0 spiro atoms. The summed E-state index contributed by atoms with van der Waals surface area (Å²) >= 11 is 5.80. The second-order valence-electron chi connectivity index (χ2n) is 4.33. The van der Waals surface area contributed by atoms with E-state index in [1.54, 1.807) is 19.1 Å². The molecule has 0 amide bonds. The van der Waals surface area contributed by atoms with Gasteiger partial charge in [-0.2, -0.15) is 0 Å². The summed E-state index contributed by atoms with van der Waals surface area (Å²) in [5.74, 6) is 0.957. The number of aryl methyl sites for hydroxylation is 1. The molecule has 2 atom stereocenters. The largest absolute Gasteiger partial charge is 0.260 e. The van der Waals surface area contributed by atoms with Crippen molar-refractivity contribution in [3.63, 3.8) is 0 Å². The van der Waals surface area contributed by atoms with E-state index in [1.807, 2.05) is 0 Å². The fourth-order valence-corrected chi connectivity index (χ4v) is 5.20. The van der Waals surface area contributed by atoms with E-state index in [4.69, 9.17) is 11.6 Å². The Kier molecular flexibility index (Phi) is 4.11. The molecule has 1 heterocycles. The van der Waals surface area contributed by atoms with Gasteiger partial charge >= 0.3 is 0 Å². The van der Waals surface area contributed by atoms with Crippen LogP contribution in [0.4, 0.5) is 0 Å². The lowest BCUT2D eigenvalue weighted by Crippen LogP contribution is -2.35. The van der Waals surface area contributed by atoms with E-state index in [2.05, 4.69) is 4.72 Å². The Hall–Kier alpha value is -0.430. The molecule has 2 rings (SSSR count). The normalized spacial score (nSPS) is 24.3. The van der Waals surface area contributed by atoms with Crippen molar-refractivity contribution in [2.24, 2.45) is 0 Å². The third kappa shape index (κ3) is 3.12. The second kappa shape index (κ2) is 5.28. The summed E-state index contributed by atoms with van der Waals surface area (Å²) < 4.78 is 38.2. The zero-order valence-corrected chi connectivity index (χ0v) is 12.2. The molecule has 100 valence electrons. The maximum absolute atomic E-state index is 12.2. The summed E-state index contributed by atoms with van der Waals surface area (Å²) in [4.78, 5) is 0.226. The molecule has 7 heteroatoms. The van der Waals surface area contributed by atoms with Gasteiger partial charge in [-0.3, -0.25) is 4.21 Å². The minimum absolute atomic E-state index is 0.226. The Morgan fingerprint density at radius 1 is 1.44 bits per heavy atom. The number of halogens is 1. The summed E-state index contributed by atoms with van der Waals surface area (Å²) in [7, 11) is -4.46. The number of sulfonamides is 1. The molecule has 0 saturated carbocycles. The molecular formula is C11H14ClNO3S2. The maximum Gasteiger partial charge on any atom is 0.241 e. The molecule has 0 unspecified atom stereocenters. The maximum atomic E-state index is 12.2. The highest BCUT2D eigenvalue weighted by Gasteiger charge is 2.27. The monoisotopic (exact) mass is 307 g/mol. The third-order valence-corrected chi connectivity index (χ3v) is 6.21. The van der Waals surface area contributed by atoms with Crippen molar-refractivity contribution in [2.45, 2.75) is 24.3 Å². The topological polar surface area (TPSA) is 63.2 Å². The Balaban J connectivity index is 2.23. The van der Waals surface area contributed by atoms with Crippen LogP contribution in [-0.2, 0) is 20.8 Å². The van der Waals surface area contributed by atoms with Crippen molar-refractivity contribution in [1.82, 2.24) is 4.72 Å². The molecule has 18 heavy (non-hydrogen) atoms. The number of nitrogens with one attached hydrogen (secondary N) is 1. The van der Waals surface area contributed by atoms with Gasteiger partial charge in [0.15, 0.2) is 0 Å². The summed E-state index contributed by atoms with van der Waals surface area (Å²) in [5.41, 5.74) is 0.606. The zero-order chi connectivity index (χ0) is 13.3. The summed E-state index contributed by atoms with van der Waals surface area (Å²) in [6, 6.07) is 4.43. The average Bonchev–Trinajstić information content (AvgIpc) is 2.62. The molecule has 0 bridgehead atoms. The first-order chi connectivity index (χ1) is 8.38. The molecule has 1 aliphatic heterocycles. The number of benzene rings is 1. The van der Waals surface area contributed by atoms with E-state index >= 15 is 0 Å². The summed E-state index contributed by atoms with van der Waals surface area (Å²) in [5, 5.41) is 0.508. The van der Waals surface area contributed by atoms with E-state index < -0.39 is 20.8 Å². The summed E-state index contributed by atoms with van der Waals surface area (Å²) in [6.45, 7) is 1.70. The standard InChI is InChI=1S/C11H14ClNO3S2/c1-8-6-9(12)2-3-11(8)18(15,16)13-10-4-5-17(14)7-10/h2-3,6,10,13H,4-5,7H2,1H3/t10-,17-/m1/s1. The van der Waals surface area contributed by atoms with Gasteiger partial charge in [-0.05, 0) is 37.1 Å². The molecular weight excluding hydrogens is 294 g/mol. The van der Waals surface area contributed by atoms with Gasteiger partial charge in [0.1, 0.15) is 0 Å². The fraction of sp³-hybridized carbons (Fsp3) is 0.455. The van der Waals surface area contributed by atoms with Crippen molar-refractivity contribution >= 4 is 32.4 Å². The lowest BCUT2D eigenvalue weighted by atomic mass is 10.2. The van der Waals surface area contributed by atoms with E-state index in [0.717, 1.165) is 0 Å². The van der Waals surface area contributed by atoms with Crippen LogP contribution < -0.4 is 4.72 Å². The molecule has 1 aliphatic rings. The van der Waals surface area contributed by atoms with Crippen LogP contribution in [0.15, 0.2) is 23.1 Å². The highest BCUT2D eigenvalue weighted by atomic mass is 35.5. The SMILES string of the molecule is Cc1cc(Cl)ccc1S(=O)(=O)N[C@@H]1CC[S@@](=O)C1. The minimum atomic E-state index is -3.56. The zero-order valence-electron chi connectivity index (χ0n) is 9.85. The van der Waals surface area contributed by atoms with E-state index in [1.165, 1.54) is 6.07 Å². The van der Waals surface area contributed by atoms with Gasteiger partial charge in [0.2, 0.25) is 10.0 Å². The molecule has 0 aliphatic carbocycles. The van der Waals surface area contributed by atoms with Gasteiger partial charge in [-0.15, -0.1) is 0 Å². The Morgan fingerprint density at radius 2 is 2.17 bits per heavy atom. The lowest BCUT2D eigenvalue weighted by Gasteiger charge is -2.13. The van der Waals surface area contributed by atoms with Crippen LogP contribution in [0.1, 0.15) is 12.0 Å². The Bertz CT molecular complexity index is 586. The van der Waals surface area contributed by atoms with E-state index in [0.29, 0.717) is 28.5 Å². The minimum Gasteiger partial charge on any atom is -0.260 e. The second-order valence-corrected chi connectivity index (χ2v) is 8.07. The van der Waals surface area contributed by atoms with Crippen LogP contribution in [0, 0.1) is 6.92 Å². The van der Waals surface area contributed by atoms with Gasteiger partial charge in [-0.25, -0.2) is 13.1 Å². The molecule has 0 radical (unpaired) electrons. The number of rotatable bonds is 3. The predicted molar refractivity (Wildman–Crippen MR) is 72.8 cm³/mol. The summed E-state index contributed by atoms with van der Waals surface area (Å²) in [6.07, 6.45) is 0.623. The quantitative estimate of drug-likeness (QED) is 0.919. The van der Waals surface area contributed by atoms with Crippen LogP contribution in [-0.4, -0.2) is 30.2 Å². The van der Waals surface area contributed by atoms with Crippen LogP contribution in [0.5, 0.6) is 0 Å². The molecule has 1 fully saturated rings. The van der Waals surface area contributed by atoms with Crippen molar-refractivity contribution in [1.29, 1.82) is 0 Å². The molecule has 1 aromatic carbocycles. The molecule has 0 aromatic heterocycles. The van der Waals surface area contributed by atoms with Crippen molar-refractivity contribution in [3.8, 4) is 0 Å². The lowest BCUT2D eigenvalue weighted by molar-refractivity contribution is 0.562. The van der Waals surface area contributed by atoms with Crippen molar-refractivity contribution in [2.75, 3.05) is 11.5 Å². The first-order valence-corrected chi connectivity index (χ1v) is 8.87. The molecule has 1 aromatic rings. The van der Waals surface area contributed by atoms with Crippen LogP contribution >= 0.6 is 11.6 Å². The first-order valence-electron chi connectivity index (χ1n) is 5.52. The first kappa shape index (κ1) is 14.0. The van der Waals surface area contributed by atoms with Crippen molar-refractivity contribution in [3.05, 3.63) is 28.8 Å². The van der Waals surface area contributed by atoms with Crippen molar-refractivity contribution < 1.29 is 12.6 Å². The Morgan fingerprint density at radius 3 is 2.72 bits per heavy atom. The highest BCUT2D eigenvalue weighted by Crippen LogP contribution is 2.20. The molecule has 1 N–H and O–H groups in total. The van der Waals surface area contributed by atoms with Gasteiger partial charge in [0.05, 0.1) is 4.90 Å². The Labute approximate surface area is 114 Å². The number of hydrogen-bond acceptors (Lipinski definition) is 3. The smallest absolute Gasteiger partial charge is 0.241 e. The van der Waals surface area contributed by atoms with Crippen LogP contribution in [0.25, 0.3) is 0 Å². The van der Waals surface area contributed by atoms with E-state index in [-0.39, 0.29) is 10.9 Å². The molecule has 1 saturated heterocycles. The highest BCUT2D eigenvalue weighted by molar-refractivity contribution is 7.89. The van der Waals surface area contributed by atoms with Crippen LogP contribution in [0.3, 0.4) is 0 Å². The van der Waals surface area contributed by atoms with Gasteiger partial charge in [0, 0.05) is 33.4 Å². The molecule has 4 nitrogen and oxygen atoms in total. The number of hydrogen-bond donors (Lipinski definition) is 1. The third-order valence-electron chi connectivity index (χ3n) is 2.83. The predicted octanol–water partition coefficient (Wildman–Crippen LogP) is 1.45. The van der Waals surface area contributed by atoms with Gasteiger partial charge < -0.3 is 0 Å².